The van der Waals surface area contributed by atoms with Crippen LogP contribution in [0.3, 0.4) is 0 Å². The van der Waals surface area contributed by atoms with Crippen LogP contribution in [0.1, 0.15) is 46.2 Å². The molecule has 2 heteroatoms. The number of rotatable bonds is 3. The summed E-state index contributed by atoms with van der Waals surface area (Å²) in [6.45, 7) is 11.9. The summed E-state index contributed by atoms with van der Waals surface area (Å²) in [6, 6.07) is 9.43. The van der Waals surface area contributed by atoms with Gasteiger partial charge in [0.2, 0.25) is 0 Å². The van der Waals surface area contributed by atoms with E-state index in [1.54, 1.807) is 0 Å². The Kier molecular flexibility index (Phi) is 5.29. The molecule has 0 bridgehead atoms. The minimum atomic E-state index is 0. The van der Waals surface area contributed by atoms with Gasteiger partial charge in [-0.15, -0.1) is 0 Å². The topological polar surface area (TPSA) is 12.0 Å². The van der Waals surface area contributed by atoms with Gasteiger partial charge in [0, 0.05) is 11.5 Å². The van der Waals surface area contributed by atoms with Crippen molar-refractivity contribution >= 4 is 5.57 Å². The van der Waals surface area contributed by atoms with Crippen molar-refractivity contribution in [1.82, 2.24) is 5.32 Å². The zero-order valence-electron chi connectivity index (χ0n) is 13.2. The Bertz CT molecular complexity index is 423. The second kappa shape index (κ2) is 6.11. The van der Waals surface area contributed by atoms with Crippen LogP contribution in [0.2, 0.25) is 0 Å². The summed E-state index contributed by atoms with van der Waals surface area (Å²) in [4.78, 5) is 0. The number of allylic oxidation sites excluding steroid dienone is 1. The molecule has 0 aromatic heterocycles. The van der Waals surface area contributed by atoms with E-state index >= 15 is 0 Å². The van der Waals surface area contributed by atoms with E-state index < -0.39 is 0 Å². The minimum Gasteiger partial charge on any atom is -1.00 e. The van der Waals surface area contributed by atoms with Gasteiger partial charge in [-0.1, -0.05) is 50.3 Å². The van der Waals surface area contributed by atoms with Crippen LogP contribution in [0, 0.1) is 0 Å². The molecule has 1 N–H and O–H groups in total. The first kappa shape index (κ1) is 15.6. The Balaban J connectivity index is 0.00000162. The fourth-order valence-electron chi connectivity index (χ4n) is 2.69. The summed E-state index contributed by atoms with van der Waals surface area (Å²) in [5.74, 6) is 0. The molecule has 1 aliphatic heterocycles. The van der Waals surface area contributed by atoms with Crippen molar-refractivity contribution in [1.29, 1.82) is 0 Å². The molecule has 1 unspecified atom stereocenters. The molecule has 1 fully saturated rings. The second-order valence-electron chi connectivity index (χ2n) is 5.73. The molecule has 1 heterocycles. The number of nitrogens with one attached hydrogen (secondary N) is 1. The Morgan fingerprint density at radius 1 is 1.44 bits per heavy atom. The van der Waals surface area contributed by atoms with Gasteiger partial charge in [0.25, 0.3) is 0 Å². The van der Waals surface area contributed by atoms with Gasteiger partial charge < -0.3 is 6.74 Å². The van der Waals surface area contributed by atoms with Crippen LogP contribution in [-0.4, -0.2) is 12.6 Å². The molecule has 18 heavy (non-hydrogen) atoms. The maximum atomic E-state index is 4.03. The molecule has 1 aromatic rings. The van der Waals surface area contributed by atoms with Crippen LogP contribution >= 0.6 is 0 Å². The second-order valence-corrected chi connectivity index (χ2v) is 5.73. The Morgan fingerprint density at radius 2 is 2.17 bits per heavy atom. The molecule has 0 radical (unpaired) electrons. The predicted molar refractivity (Wildman–Crippen MR) is 76.3 cm³/mol. The summed E-state index contributed by atoms with van der Waals surface area (Å²) in [7, 11) is 0. The molecular weight excluding hydrogens is 213 g/mol. The number of hydrogen-bond donors (Lipinski definition) is 1. The van der Waals surface area contributed by atoms with Gasteiger partial charge in [0.05, 0.1) is 0 Å². The van der Waals surface area contributed by atoms with E-state index in [-0.39, 0.29) is 25.7 Å². The first-order valence-corrected chi connectivity index (χ1v) is 6.51. The molecular formula is C16H24LiN. The van der Waals surface area contributed by atoms with Crippen LogP contribution in [0.25, 0.3) is 5.57 Å². The van der Waals surface area contributed by atoms with E-state index in [9.17, 15) is 0 Å². The van der Waals surface area contributed by atoms with E-state index in [2.05, 4.69) is 56.9 Å². The molecule has 0 amide bonds. The van der Waals surface area contributed by atoms with Crippen LogP contribution in [0.5, 0.6) is 0 Å². The third kappa shape index (κ3) is 3.09. The van der Waals surface area contributed by atoms with Crippen molar-refractivity contribution in [3.05, 3.63) is 42.0 Å². The van der Waals surface area contributed by atoms with E-state index in [1.807, 2.05) is 0 Å². The molecule has 1 atom stereocenters. The SMILES string of the molecule is C=C(C)c1cccc(C(C)(C)C2CCCN2)c1.[H-].[Li+]. The van der Waals surface area contributed by atoms with E-state index in [0.717, 1.165) is 12.1 Å². The van der Waals surface area contributed by atoms with Gasteiger partial charge in [0.1, 0.15) is 0 Å². The van der Waals surface area contributed by atoms with Crippen molar-refractivity contribution in [3.63, 3.8) is 0 Å². The first-order chi connectivity index (χ1) is 8.01. The number of hydrogen-bond acceptors (Lipinski definition) is 1. The molecule has 0 spiro atoms. The van der Waals surface area contributed by atoms with E-state index in [1.165, 1.54) is 24.0 Å². The average molecular weight is 237 g/mol. The standard InChI is InChI=1S/C16H23N.Li.H/c1-12(2)13-7-5-8-14(11-13)16(3,4)15-9-6-10-17-15;;/h5,7-8,11,15,17H,1,6,9-10H2,2-4H3;;/q;+1;-1. The van der Waals surface area contributed by atoms with Crippen LogP contribution in [0.4, 0.5) is 0 Å². The Hall–Kier alpha value is -0.483. The molecule has 1 aliphatic rings. The Morgan fingerprint density at radius 3 is 2.72 bits per heavy atom. The average Bonchev–Trinajstić information content (AvgIpc) is 2.83. The quantitative estimate of drug-likeness (QED) is 0.769. The number of benzene rings is 1. The zero-order valence-corrected chi connectivity index (χ0v) is 12.2. The summed E-state index contributed by atoms with van der Waals surface area (Å²) in [5, 5.41) is 3.62. The van der Waals surface area contributed by atoms with Crippen molar-refractivity contribution in [2.75, 3.05) is 6.54 Å². The Labute approximate surface area is 125 Å². The maximum absolute atomic E-state index is 4.03. The molecule has 0 aliphatic carbocycles. The summed E-state index contributed by atoms with van der Waals surface area (Å²) in [5.41, 5.74) is 4.01. The van der Waals surface area contributed by atoms with Crippen LogP contribution in [0.15, 0.2) is 30.8 Å². The third-order valence-corrected chi connectivity index (χ3v) is 4.03. The van der Waals surface area contributed by atoms with Crippen LogP contribution < -0.4 is 24.2 Å². The third-order valence-electron chi connectivity index (χ3n) is 4.03. The van der Waals surface area contributed by atoms with Crippen molar-refractivity contribution in [3.8, 4) is 0 Å². The monoisotopic (exact) mass is 237 g/mol. The van der Waals surface area contributed by atoms with Gasteiger partial charge >= 0.3 is 18.9 Å². The van der Waals surface area contributed by atoms with E-state index in [0.29, 0.717) is 6.04 Å². The smallest absolute Gasteiger partial charge is 1.00 e. The van der Waals surface area contributed by atoms with Gasteiger partial charge in [-0.3, -0.25) is 0 Å². The normalized spacial score (nSPS) is 19.4. The minimum absolute atomic E-state index is 0. The van der Waals surface area contributed by atoms with Gasteiger partial charge in [0.15, 0.2) is 0 Å². The summed E-state index contributed by atoms with van der Waals surface area (Å²) < 4.78 is 0. The van der Waals surface area contributed by atoms with Gasteiger partial charge in [-0.2, -0.15) is 0 Å². The molecule has 1 nitrogen and oxygen atoms in total. The molecule has 2 rings (SSSR count). The van der Waals surface area contributed by atoms with Crippen LogP contribution in [-0.2, 0) is 5.41 Å². The fraction of sp³-hybridized carbons (Fsp3) is 0.500. The molecule has 94 valence electrons. The summed E-state index contributed by atoms with van der Waals surface area (Å²) in [6.07, 6.45) is 2.58. The van der Waals surface area contributed by atoms with Crippen molar-refractivity contribution < 1.29 is 20.3 Å². The summed E-state index contributed by atoms with van der Waals surface area (Å²) >= 11 is 0. The predicted octanol–water partition coefficient (Wildman–Crippen LogP) is 0.866. The maximum Gasteiger partial charge on any atom is 1.00 e. The first-order valence-electron chi connectivity index (χ1n) is 6.51. The van der Waals surface area contributed by atoms with Crippen molar-refractivity contribution in [2.45, 2.75) is 45.1 Å². The molecule has 1 aromatic carbocycles. The van der Waals surface area contributed by atoms with Gasteiger partial charge in [-0.05, 0) is 37.4 Å². The zero-order chi connectivity index (χ0) is 12.5. The molecule has 1 saturated heterocycles. The molecule has 0 saturated carbocycles. The van der Waals surface area contributed by atoms with E-state index in [4.69, 9.17) is 0 Å². The largest absolute Gasteiger partial charge is 1.00 e. The van der Waals surface area contributed by atoms with Crippen molar-refractivity contribution in [2.24, 2.45) is 0 Å². The van der Waals surface area contributed by atoms with Gasteiger partial charge in [-0.25, -0.2) is 0 Å². The fourth-order valence-corrected chi connectivity index (χ4v) is 2.69.